The van der Waals surface area contributed by atoms with Gasteiger partial charge in [0.25, 0.3) is 5.56 Å². The van der Waals surface area contributed by atoms with Gasteiger partial charge in [-0.25, -0.2) is 4.68 Å². The fraction of sp³-hybridized carbons (Fsp3) is 0.364. The average molecular weight is 417 g/mol. The maximum Gasteiger partial charge on any atom is 0.267 e. The zero-order chi connectivity index (χ0) is 21.2. The summed E-state index contributed by atoms with van der Waals surface area (Å²) in [6.07, 6.45) is 5.67. The number of aromatic nitrogens is 5. The van der Waals surface area contributed by atoms with Crippen molar-refractivity contribution in [2.45, 2.75) is 25.3 Å². The Morgan fingerprint density at radius 3 is 2.39 bits per heavy atom. The summed E-state index contributed by atoms with van der Waals surface area (Å²) in [7, 11) is 0. The van der Waals surface area contributed by atoms with Gasteiger partial charge in [0.15, 0.2) is 5.82 Å². The van der Waals surface area contributed by atoms with Gasteiger partial charge in [-0.15, -0.1) is 10.2 Å². The Labute approximate surface area is 179 Å². The van der Waals surface area contributed by atoms with Crippen molar-refractivity contribution in [1.82, 2.24) is 29.9 Å². The van der Waals surface area contributed by atoms with Crippen LogP contribution in [0.5, 0.6) is 0 Å². The number of rotatable bonds is 5. The van der Waals surface area contributed by atoms with Crippen LogP contribution in [0.15, 0.2) is 53.6 Å². The topological polar surface area (TPSA) is 97.1 Å². The van der Waals surface area contributed by atoms with Gasteiger partial charge in [0.05, 0.1) is 11.4 Å². The molecule has 9 heteroatoms. The standard InChI is InChI=1S/C22H23N7O2/c30-21-6-4-19(16-1-2-16)26-29(21)15-22(31)28-13-11-27(12-14-28)20-5-3-18(24-25-20)17-7-9-23-10-8-17/h3-10,16H,1-2,11-15H2. The molecule has 0 atom stereocenters. The highest BCUT2D eigenvalue weighted by molar-refractivity contribution is 5.76. The first kappa shape index (κ1) is 19.3. The van der Waals surface area contributed by atoms with Crippen molar-refractivity contribution in [2.75, 3.05) is 31.1 Å². The molecular weight excluding hydrogens is 394 g/mol. The Hall–Kier alpha value is -3.62. The Kier molecular flexibility index (Phi) is 5.15. The number of hydrogen-bond acceptors (Lipinski definition) is 7. The molecule has 0 spiro atoms. The van der Waals surface area contributed by atoms with Crippen LogP contribution in [0.4, 0.5) is 5.82 Å². The van der Waals surface area contributed by atoms with E-state index in [1.807, 2.05) is 24.3 Å². The van der Waals surface area contributed by atoms with E-state index in [2.05, 4.69) is 25.2 Å². The first-order valence-corrected chi connectivity index (χ1v) is 10.5. The lowest BCUT2D eigenvalue weighted by atomic mass is 10.2. The highest BCUT2D eigenvalue weighted by Crippen LogP contribution is 2.38. The van der Waals surface area contributed by atoms with Crippen molar-refractivity contribution >= 4 is 11.7 Å². The van der Waals surface area contributed by atoms with Crippen molar-refractivity contribution in [3.8, 4) is 11.3 Å². The summed E-state index contributed by atoms with van der Waals surface area (Å²) in [6.45, 7) is 2.46. The van der Waals surface area contributed by atoms with Crippen LogP contribution in [0.1, 0.15) is 24.5 Å². The van der Waals surface area contributed by atoms with Gasteiger partial charge in [-0.05, 0) is 43.2 Å². The number of piperazine rings is 1. The molecule has 31 heavy (non-hydrogen) atoms. The molecule has 0 bridgehead atoms. The summed E-state index contributed by atoms with van der Waals surface area (Å²) >= 11 is 0. The molecule has 1 amide bonds. The minimum absolute atomic E-state index is 0.0141. The predicted octanol–water partition coefficient (Wildman–Crippen LogP) is 1.32. The summed E-state index contributed by atoms with van der Waals surface area (Å²) in [5.41, 5.74) is 2.44. The van der Waals surface area contributed by atoms with E-state index in [9.17, 15) is 9.59 Å². The summed E-state index contributed by atoms with van der Waals surface area (Å²) in [5.74, 6) is 1.15. The largest absolute Gasteiger partial charge is 0.352 e. The third-order valence-corrected chi connectivity index (χ3v) is 5.75. The molecule has 0 unspecified atom stereocenters. The van der Waals surface area contributed by atoms with Crippen LogP contribution in [-0.4, -0.2) is 61.9 Å². The molecule has 2 aliphatic rings. The fourth-order valence-corrected chi connectivity index (χ4v) is 3.76. The second-order valence-electron chi connectivity index (χ2n) is 7.91. The maximum absolute atomic E-state index is 12.7. The van der Waals surface area contributed by atoms with Gasteiger partial charge in [0, 0.05) is 56.1 Å². The van der Waals surface area contributed by atoms with Gasteiger partial charge in [-0.2, -0.15) is 5.10 Å². The molecule has 3 aromatic heterocycles. The number of anilines is 1. The van der Waals surface area contributed by atoms with E-state index >= 15 is 0 Å². The van der Waals surface area contributed by atoms with Crippen LogP contribution in [0.3, 0.4) is 0 Å². The molecule has 0 N–H and O–H groups in total. The third-order valence-electron chi connectivity index (χ3n) is 5.75. The lowest BCUT2D eigenvalue weighted by Crippen LogP contribution is -2.50. The quantitative estimate of drug-likeness (QED) is 0.618. The molecule has 1 aliphatic heterocycles. The van der Waals surface area contributed by atoms with Gasteiger partial charge < -0.3 is 9.80 Å². The Morgan fingerprint density at radius 1 is 0.935 bits per heavy atom. The summed E-state index contributed by atoms with van der Waals surface area (Å²) in [5, 5.41) is 13.1. The molecule has 2 fully saturated rings. The molecule has 3 aromatic rings. The fourth-order valence-electron chi connectivity index (χ4n) is 3.76. The first-order valence-electron chi connectivity index (χ1n) is 10.5. The first-order chi connectivity index (χ1) is 15.2. The van der Waals surface area contributed by atoms with Gasteiger partial charge in [-0.3, -0.25) is 14.6 Å². The zero-order valence-corrected chi connectivity index (χ0v) is 17.1. The van der Waals surface area contributed by atoms with Crippen molar-refractivity contribution in [1.29, 1.82) is 0 Å². The number of carbonyl (C=O) groups excluding carboxylic acids is 1. The molecule has 1 saturated carbocycles. The van der Waals surface area contributed by atoms with Crippen LogP contribution in [0.2, 0.25) is 0 Å². The number of hydrogen-bond donors (Lipinski definition) is 0. The monoisotopic (exact) mass is 417 g/mol. The van der Waals surface area contributed by atoms with Crippen molar-refractivity contribution in [3.05, 3.63) is 64.8 Å². The van der Waals surface area contributed by atoms with Gasteiger partial charge >= 0.3 is 0 Å². The van der Waals surface area contributed by atoms with E-state index in [0.717, 1.165) is 35.6 Å². The van der Waals surface area contributed by atoms with Crippen LogP contribution >= 0.6 is 0 Å². The molecule has 4 heterocycles. The van der Waals surface area contributed by atoms with Crippen molar-refractivity contribution in [2.24, 2.45) is 0 Å². The maximum atomic E-state index is 12.7. The molecule has 1 aliphatic carbocycles. The van der Waals surface area contributed by atoms with Gasteiger partial charge in [-0.1, -0.05) is 0 Å². The van der Waals surface area contributed by atoms with E-state index in [-0.39, 0.29) is 18.0 Å². The molecule has 0 radical (unpaired) electrons. The Bertz CT molecular complexity index is 1120. The second kappa shape index (κ2) is 8.25. The minimum atomic E-state index is -0.235. The number of nitrogens with zero attached hydrogens (tertiary/aromatic N) is 7. The number of carbonyl (C=O) groups is 1. The highest BCUT2D eigenvalue weighted by Gasteiger charge is 2.27. The highest BCUT2D eigenvalue weighted by atomic mass is 16.2. The lowest BCUT2D eigenvalue weighted by Gasteiger charge is -2.35. The lowest BCUT2D eigenvalue weighted by molar-refractivity contribution is -0.132. The van der Waals surface area contributed by atoms with Gasteiger partial charge in [0.2, 0.25) is 5.91 Å². The number of amides is 1. The van der Waals surface area contributed by atoms with Crippen LogP contribution in [-0.2, 0) is 11.3 Å². The smallest absolute Gasteiger partial charge is 0.267 e. The van der Waals surface area contributed by atoms with E-state index in [1.165, 1.54) is 10.7 Å². The molecule has 5 rings (SSSR count). The molecule has 158 valence electrons. The Morgan fingerprint density at radius 2 is 1.71 bits per heavy atom. The molecule has 1 saturated heterocycles. The average Bonchev–Trinajstić information content (AvgIpc) is 3.67. The van der Waals surface area contributed by atoms with Crippen molar-refractivity contribution < 1.29 is 4.79 Å². The minimum Gasteiger partial charge on any atom is -0.352 e. The number of pyridine rings is 1. The molecular formula is C22H23N7O2. The van der Waals surface area contributed by atoms with Crippen LogP contribution in [0.25, 0.3) is 11.3 Å². The predicted molar refractivity (Wildman–Crippen MR) is 115 cm³/mol. The van der Waals surface area contributed by atoms with Crippen LogP contribution < -0.4 is 10.5 Å². The summed E-state index contributed by atoms with van der Waals surface area (Å²) in [4.78, 5) is 32.8. The Balaban J connectivity index is 1.19. The van der Waals surface area contributed by atoms with E-state index in [1.54, 1.807) is 23.4 Å². The SMILES string of the molecule is O=C(Cn1nc(C2CC2)ccc1=O)N1CCN(c2ccc(-c3ccncc3)nn2)CC1. The zero-order valence-electron chi connectivity index (χ0n) is 17.1. The third kappa shape index (κ3) is 4.30. The van der Waals surface area contributed by atoms with Crippen molar-refractivity contribution in [3.63, 3.8) is 0 Å². The summed E-state index contributed by atoms with van der Waals surface area (Å²) < 4.78 is 1.30. The van der Waals surface area contributed by atoms with Gasteiger partial charge in [0.1, 0.15) is 6.54 Å². The van der Waals surface area contributed by atoms with E-state index in [0.29, 0.717) is 32.1 Å². The summed E-state index contributed by atoms with van der Waals surface area (Å²) in [6, 6.07) is 11.0. The second-order valence-corrected chi connectivity index (χ2v) is 7.91. The molecule has 9 nitrogen and oxygen atoms in total. The normalized spacial score (nSPS) is 16.4. The molecule has 0 aromatic carbocycles. The van der Waals surface area contributed by atoms with E-state index in [4.69, 9.17) is 0 Å². The van der Waals surface area contributed by atoms with Crippen LogP contribution in [0, 0.1) is 0 Å². The van der Waals surface area contributed by atoms with E-state index < -0.39 is 0 Å².